The average Bonchev–Trinajstić information content (AvgIpc) is 3.41. The molecule has 10 nitrogen and oxygen atoms in total. The summed E-state index contributed by atoms with van der Waals surface area (Å²) in [4.78, 5) is 12.8. The van der Waals surface area contributed by atoms with Crippen LogP contribution in [0.2, 0.25) is 0 Å². The Labute approximate surface area is 276 Å². The van der Waals surface area contributed by atoms with Crippen molar-refractivity contribution in [2.24, 2.45) is 23.7 Å². The summed E-state index contributed by atoms with van der Waals surface area (Å²) < 4.78 is 26.0. The zero-order chi connectivity index (χ0) is 34.0. The first-order valence-electron chi connectivity index (χ1n) is 16.7. The number of allylic oxidation sites excluding steroid dienone is 5. The third kappa shape index (κ3) is 4.79. The molecule has 0 radical (unpaired) electrons. The SMILES string of the molecule is C=C(C)[C@]12C[C@@H](C)[C@@]34O[C@](c5ccccc5)(O[C@@H]1[C@@H]3[C@H](O)[C@](O)(COC(=O)C=CC=CC=CCCC)[C@@H](O)[C@@]1(O)[C@H]4C[C@H](C)[C@@H]1O)O2. The van der Waals surface area contributed by atoms with E-state index in [4.69, 9.17) is 18.9 Å². The molecule has 3 aliphatic carbocycles. The van der Waals surface area contributed by atoms with Crippen LogP contribution in [0.3, 0.4) is 0 Å². The zero-order valence-electron chi connectivity index (χ0n) is 27.5. The van der Waals surface area contributed by atoms with E-state index in [0.717, 1.165) is 18.9 Å². The predicted molar refractivity (Wildman–Crippen MR) is 171 cm³/mol. The summed E-state index contributed by atoms with van der Waals surface area (Å²) in [5.41, 5.74) is -6.48. The molecule has 0 amide bonds. The lowest BCUT2D eigenvalue weighted by Gasteiger charge is -2.61. The topological polar surface area (TPSA) is 155 Å². The highest BCUT2D eigenvalue weighted by Crippen LogP contribution is 2.72. The van der Waals surface area contributed by atoms with Gasteiger partial charge in [-0.05, 0) is 43.6 Å². The molecule has 6 rings (SSSR count). The van der Waals surface area contributed by atoms with Crippen molar-refractivity contribution in [3.63, 3.8) is 0 Å². The number of aliphatic hydroxyl groups is 5. The van der Waals surface area contributed by atoms with Gasteiger partial charge in [-0.25, -0.2) is 4.79 Å². The largest absolute Gasteiger partial charge is 0.459 e. The minimum absolute atomic E-state index is 0.206. The lowest BCUT2D eigenvalue weighted by atomic mass is 9.53. The Morgan fingerprint density at radius 2 is 1.74 bits per heavy atom. The Balaban J connectivity index is 1.44. The molecule has 1 aromatic rings. The molecule has 47 heavy (non-hydrogen) atoms. The third-order valence-corrected chi connectivity index (χ3v) is 11.5. The van der Waals surface area contributed by atoms with Gasteiger partial charge < -0.3 is 44.5 Å². The molecule has 2 aliphatic heterocycles. The van der Waals surface area contributed by atoms with Crippen molar-refractivity contribution < 1.29 is 49.3 Å². The van der Waals surface area contributed by atoms with Crippen LogP contribution in [0.4, 0.5) is 0 Å². The Bertz CT molecular complexity index is 1460. The summed E-state index contributed by atoms with van der Waals surface area (Å²) >= 11 is 0. The van der Waals surface area contributed by atoms with Crippen molar-refractivity contribution in [1.82, 2.24) is 0 Å². The maximum Gasteiger partial charge on any atom is 0.330 e. The molecule has 5 aliphatic rings. The zero-order valence-corrected chi connectivity index (χ0v) is 27.5. The molecule has 1 aromatic carbocycles. The normalized spacial score (nSPS) is 47.0. The van der Waals surface area contributed by atoms with E-state index in [1.165, 1.54) is 6.08 Å². The van der Waals surface area contributed by atoms with Crippen molar-refractivity contribution in [3.8, 4) is 0 Å². The smallest absolute Gasteiger partial charge is 0.330 e. The highest BCUT2D eigenvalue weighted by atomic mass is 16.9. The number of carbonyl (C=O) groups excluding carboxylic acids is 1. The fourth-order valence-corrected chi connectivity index (χ4v) is 9.25. The number of hydrogen-bond donors (Lipinski definition) is 5. The van der Waals surface area contributed by atoms with E-state index >= 15 is 0 Å². The van der Waals surface area contributed by atoms with Crippen LogP contribution < -0.4 is 0 Å². The lowest BCUT2D eigenvalue weighted by molar-refractivity contribution is -0.446. The van der Waals surface area contributed by atoms with Crippen LogP contribution in [0, 0.1) is 23.7 Å². The molecule has 5 fully saturated rings. The van der Waals surface area contributed by atoms with E-state index < -0.39 is 89.0 Å². The Hall–Kier alpha value is -2.67. The highest BCUT2D eigenvalue weighted by Gasteiger charge is 2.85. The molecule has 5 N–H and O–H groups in total. The Kier molecular flexibility index (Phi) is 8.76. The summed E-state index contributed by atoms with van der Waals surface area (Å²) in [5.74, 6) is -5.65. The molecular weight excluding hydrogens is 604 g/mol. The van der Waals surface area contributed by atoms with E-state index in [9.17, 15) is 30.3 Å². The standard InChI is InChI=1S/C37H48O10/c1-6-7-8-9-10-11-15-18-27(38)44-21-33(42)30(40)28-31-34(22(2)3)20-24(5)36(28,26-19-23(4)29(39)35(26,43)32(33)41)47-37(45-31,46-34)25-16-13-12-14-17-25/h8-18,23-24,26,28-32,39-43H,2,6-7,19-21H2,1,3-5H3/t23-,24+,26+,28-,29-,30-,31+,32+,33+,34+,35+,36-,37+/m0/s1. The van der Waals surface area contributed by atoms with E-state index in [0.29, 0.717) is 17.6 Å². The molecule has 256 valence electrons. The first kappa shape index (κ1) is 34.2. The second kappa shape index (κ2) is 12.0. The van der Waals surface area contributed by atoms with Crippen molar-refractivity contribution in [2.75, 3.05) is 6.61 Å². The summed E-state index contributed by atoms with van der Waals surface area (Å²) in [6.07, 6.45) is 5.95. The van der Waals surface area contributed by atoms with Gasteiger partial charge in [0.15, 0.2) is 5.60 Å². The fraction of sp³-hybridized carbons (Fsp3) is 0.595. The molecule has 0 unspecified atom stereocenters. The molecule has 0 spiro atoms. The highest BCUT2D eigenvalue weighted by molar-refractivity contribution is 5.82. The van der Waals surface area contributed by atoms with Crippen LogP contribution in [0.5, 0.6) is 0 Å². The molecule has 3 bridgehead atoms. The van der Waals surface area contributed by atoms with E-state index in [1.54, 1.807) is 31.2 Å². The monoisotopic (exact) mass is 652 g/mol. The molecule has 10 heteroatoms. The van der Waals surface area contributed by atoms with Gasteiger partial charge in [0.1, 0.15) is 30.0 Å². The van der Waals surface area contributed by atoms with Crippen LogP contribution in [0.15, 0.2) is 78.9 Å². The number of rotatable bonds is 9. The predicted octanol–water partition coefficient (Wildman–Crippen LogP) is 3.18. The van der Waals surface area contributed by atoms with Crippen LogP contribution in [0.25, 0.3) is 0 Å². The molecule has 13 atom stereocenters. The molecule has 2 saturated heterocycles. The van der Waals surface area contributed by atoms with Crippen LogP contribution >= 0.6 is 0 Å². The van der Waals surface area contributed by atoms with E-state index in [-0.39, 0.29) is 6.42 Å². The number of ether oxygens (including phenoxy) is 4. The van der Waals surface area contributed by atoms with Gasteiger partial charge in [-0.15, -0.1) is 0 Å². The second-order valence-electron chi connectivity index (χ2n) is 14.3. The lowest BCUT2D eigenvalue weighted by Crippen LogP contribution is -2.73. The molecular formula is C37H48O10. The Morgan fingerprint density at radius 3 is 2.43 bits per heavy atom. The molecule has 2 heterocycles. The van der Waals surface area contributed by atoms with Crippen molar-refractivity contribution >= 4 is 5.97 Å². The number of carbonyl (C=O) groups is 1. The summed E-state index contributed by atoms with van der Waals surface area (Å²) in [6, 6.07) is 9.09. The van der Waals surface area contributed by atoms with Crippen molar-refractivity contribution in [1.29, 1.82) is 0 Å². The number of hydrogen-bond acceptors (Lipinski definition) is 10. The quantitative estimate of drug-likeness (QED) is 0.116. The van der Waals surface area contributed by atoms with Crippen LogP contribution in [0.1, 0.15) is 58.9 Å². The number of esters is 1. The van der Waals surface area contributed by atoms with Crippen LogP contribution in [-0.2, 0) is 29.7 Å². The van der Waals surface area contributed by atoms with Gasteiger partial charge in [-0.1, -0.05) is 94.5 Å². The second-order valence-corrected chi connectivity index (χ2v) is 14.3. The number of fused-ring (bicyclic) bond motifs is 2. The van der Waals surface area contributed by atoms with Gasteiger partial charge in [0, 0.05) is 23.5 Å². The summed E-state index contributed by atoms with van der Waals surface area (Å²) in [7, 11) is 0. The van der Waals surface area contributed by atoms with Gasteiger partial charge >= 0.3 is 11.9 Å². The van der Waals surface area contributed by atoms with E-state index in [2.05, 4.69) is 13.5 Å². The third-order valence-electron chi connectivity index (χ3n) is 11.5. The van der Waals surface area contributed by atoms with Crippen molar-refractivity contribution in [2.45, 2.75) is 106 Å². The fourth-order valence-electron chi connectivity index (χ4n) is 9.25. The number of unbranched alkanes of at least 4 members (excludes halogenated alkanes) is 1. The van der Waals surface area contributed by atoms with Gasteiger partial charge in [-0.2, -0.15) is 0 Å². The molecule has 0 aromatic heterocycles. The average molecular weight is 653 g/mol. The summed E-state index contributed by atoms with van der Waals surface area (Å²) in [5, 5.41) is 60.8. The maximum absolute atomic E-state index is 12.8. The minimum Gasteiger partial charge on any atom is -0.459 e. The number of benzene rings is 1. The maximum atomic E-state index is 12.8. The van der Waals surface area contributed by atoms with E-state index in [1.807, 2.05) is 44.2 Å². The first-order valence-corrected chi connectivity index (χ1v) is 16.7. The van der Waals surface area contributed by atoms with Crippen LogP contribution in [-0.4, -0.2) is 84.9 Å². The van der Waals surface area contributed by atoms with Gasteiger partial charge in [0.2, 0.25) is 0 Å². The number of aliphatic hydroxyl groups excluding tert-OH is 3. The van der Waals surface area contributed by atoms with Gasteiger partial charge in [-0.3, -0.25) is 0 Å². The molecule has 3 saturated carbocycles. The minimum atomic E-state index is -2.65. The van der Waals surface area contributed by atoms with Crippen molar-refractivity contribution in [3.05, 3.63) is 84.5 Å². The first-order chi connectivity index (χ1) is 22.2. The summed E-state index contributed by atoms with van der Waals surface area (Å²) in [6.45, 7) is 10.9. The van der Waals surface area contributed by atoms with Gasteiger partial charge in [0.25, 0.3) is 0 Å². The Morgan fingerprint density at radius 1 is 1.04 bits per heavy atom. The van der Waals surface area contributed by atoms with Gasteiger partial charge in [0.05, 0.1) is 17.8 Å².